The molecule has 0 aliphatic carbocycles. The molecule has 0 aromatic rings. The molecule has 0 unspecified atom stereocenters. The zero-order chi connectivity index (χ0) is 13.5. The van der Waals surface area contributed by atoms with E-state index < -0.39 is 0 Å². The van der Waals surface area contributed by atoms with E-state index in [0.717, 1.165) is 45.3 Å². The van der Waals surface area contributed by atoms with Crippen molar-refractivity contribution in [1.82, 2.24) is 10.6 Å². The molecule has 0 bridgehead atoms. The summed E-state index contributed by atoms with van der Waals surface area (Å²) in [5.74, 6) is 0.805. The fourth-order valence-corrected chi connectivity index (χ4v) is 1.67. The summed E-state index contributed by atoms with van der Waals surface area (Å²) >= 11 is 0. The van der Waals surface area contributed by atoms with Crippen molar-refractivity contribution < 1.29 is 12.3 Å². The highest BCUT2D eigenvalue weighted by Gasteiger charge is 2.01. The number of ether oxygens (including phenoxy) is 2. The molecule has 0 aliphatic rings. The van der Waals surface area contributed by atoms with Gasteiger partial charge < -0.3 is 20.1 Å². The van der Waals surface area contributed by atoms with Crippen LogP contribution in [0.1, 0.15) is 36.5 Å². The fourth-order valence-electron chi connectivity index (χ4n) is 1.67. The summed E-state index contributed by atoms with van der Waals surface area (Å²) < 4.78 is 10.9. The molecule has 4 heteroatoms. The van der Waals surface area contributed by atoms with Gasteiger partial charge in [0.25, 0.3) is 0 Å². The second kappa shape index (κ2) is 14.9. The molecule has 0 aliphatic heterocycles. The molecule has 0 aromatic carbocycles. The van der Waals surface area contributed by atoms with E-state index in [4.69, 9.17) is 9.47 Å². The Morgan fingerprint density at radius 3 is 1.89 bits per heavy atom. The smallest absolute Gasteiger partial charge is 0.0701 e. The highest BCUT2D eigenvalue weighted by atomic mass is 16.5. The third-order valence-electron chi connectivity index (χ3n) is 3.06. The molecule has 2 N–H and O–H groups in total. The van der Waals surface area contributed by atoms with Crippen LogP contribution in [0.3, 0.4) is 0 Å². The van der Waals surface area contributed by atoms with Crippen LogP contribution in [-0.2, 0) is 9.47 Å². The minimum absolute atomic E-state index is 0. The topological polar surface area (TPSA) is 42.5 Å². The van der Waals surface area contributed by atoms with Crippen molar-refractivity contribution in [2.24, 2.45) is 5.92 Å². The van der Waals surface area contributed by atoms with Gasteiger partial charge in [0.05, 0.1) is 26.4 Å². The molecular formula is C14H36N2O2. The van der Waals surface area contributed by atoms with Crippen LogP contribution in [0, 0.1) is 5.92 Å². The summed E-state index contributed by atoms with van der Waals surface area (Å²) in [5, 5.41) is 6.64. The van der Waals surface area contributed by atoms with E-state index in [1.807, 2.05) is 0 Å². The summed E-state index contributed by atoms with van der Waals surface area (Å²) in [6, 6.07) is 0. The predicted octanol–water partition coefficient (Wildman–Crippen LogP) is 2.15. The number of hydrogen-bond donors (Lipinski definition) is 2. The van der Waals surface area contributed by atoms with Crippen LogP contribution < -0.4 is 10.6 Å². The molecule has 114 valence electrons. The first-order valence-corrected chi connectivity index (χ1v) is 7.41. The van der Waals surface area contributed by atoms with E-state index in [1.54, 1.807) is 0 Å². The molecule has 0 aromatic heterocycles. The van der Waals surface area contributed by atoms with Crippen LogP contribution in [0.25, 0.3) is 0 Å². The average Bonchev–Trinajstić information content (AvgIpc) is 2.40. The maximum atomic E-state index is 5.48. The molecule has 18 heavy (non-hydrogen) atoms. The highest BCUT2D eigenvalue weighted by molar-refractivity contribution is 4.58. The maximum absolute atomic E-state index is 5.48. The lowest BCUT2D eigenvalue weighted by Gasteiger charge is -2.13. The van der Waals surface area contributed by atoms with Crippen molar-refractivity contribution >= 4 is 0 Å². The van der Waals surface area contributed by atoms with Crippen LogP contribution in [0.5, 0.6) is 0 Å². The van der Waals surface area contributed by atoms with Crippen molar-refractivity contribution in [2.75, 3.05) is 52.6 Å². The third-order valence-corrected chi connectivity index (χ3v) is 3.06. The molecule has 0 saturated carbocycles. The van der Waals surface area contributed by atoms with Crippen LogP contribution in [-0.4, -0.2) is 52.6 Å². The molecule has 0 rings (SSSR count). The molecule has 0 amide bonds. The van der Waals surface area contributed by atoms with Gasteiger partial charge in [-0.3, -0.25) is 0 Å². The normalized spacial score (nSPS) is 11.3. The van der Waals surface area contributed by atoms with Crippen LogP contribution in [0.2, 0.25) is 0 Å². The quantitative estimate of drug-likeness (QED) is 0.472. The lowest BCUT2D eigenvalue weighted by atomic mass is 10.0. The predicted molar refractivity (Wildman–Crippen MR) is 81.4 cm³/mol. The Balaban J connectivity index is -0.00000144. The average molecular weight is 264 g/mol. The van der Waals surface area contributed by atoms with E-state index in [2.05, 4.69) is 31.4 Å². The summed E-state index contributed by atoms with van der Waals surface area (Å²) in [7, 11) is 0. The lowest BCUT2D eigenvalue weighted by Crippen LogP contribution is -2.26. The SMILES string of the molecule is CCNCCOCCOCCNCC(CC)CC.[HH].[HH]. The molecule has 0 radical (unpaired) electrons. The van der Waals surface area contributed by atoms with Gasteiger partial charge in [0, 0.05) is 15.9 Å². The van der Waals surface area contributed by atoms with E-state index >= 15 is 0 Å². The number of rotatable bonds is 14. The van der Waals surface area contributed by atoms with Gasteiger partial charge in [-0.15, -0.1) is 0 Å². The van der Waals surface area contributed by atoms with Gasteiger partial charge in [0.15, 0.2) is 0 Å². The Morgan fingerprint density at radius 1 is 0.833 bits per heavy atom. The molecule has 0 saturated heterocycles. The maximum Gasteiger partial charge on any atom is 0.0701 e. The monoisotopic (exact) mass is 264 g/mol. The van der Waals surface area contributed by atoms with Crippen molar-refractivity contribution in [3.63, 3.8) is 0 Å². The minimum atomic E-state index is 0. The third kappa shape index (κ3) is 12.3. The van der Waals surface area contributed by atoms with Crippen LogP contribution >= 0.6 is 0 Å². The Bertz CT molecular complexity index is 162. The van der Waals surface area contributed by atoms with E-state index in [1.165, 1.54) is 12.8 Å². The summed E-state index contributed by atoms with van der Waals surface area (Å²) in [6.07, 6.45) is 2.51. The van der Waals surface area contributed by atoms with Crippen LogP contribution in [0.15, 0.2) is 0 Å². The molecule has 0 spiro atoms. The fraction of sp³-hybridized carbons (Fsp3) is 1.00. The van der Waals surface area contributed by atoms with Crippen molar-refractivity contribution in [3.05, 3.63) is 0 Å². The standard InChI is InChI=1S/C14H32N2O2.2H2/c1-4-14(5-2)13-16-8-10-18-12-11-17-9-7-15-6-3;;/h14-16H,4-13H2,1-3H3;2*1H. The molecule has 4 nitrogen and oxygen atoms in total. The van der Waals surface area contributed by atoms with Gasteiger partial charge in [-0.05, 0) is 19.0 Å². The van der Waals surface area contributed by atoms with Gasteiger partial charge >= 0.3 is 0 Å². The lowest BCUT2D eigenvalue weighted by molar-refractivity contribution is 0.0498. The number of hydrogen-bond acceptors (Lipinski definition) is 4. The van der Waals surface area contributed by atoms with E-state index in [0.29, 0.717) is 13.2 Å². The first kappa shape index (κ1) is 17.8. The number of nitrogens with one attached hydrogen (secondary N) is 2. The summed E-state index contributed by atoms with van der Waals surface area (Å²) in [4.78, 5) is 0. The first-order chi connectivity index (χ1) is 8.85. The Hall–Kier alpha value is -0.160. The summed E-state index contributed by atoms with van der Waals surface area (Å²) in [6.45, 7) is 13.5. The van der Waals surface area contributed by atoms with Gasteiger partial charge in [-0.1, -0.05) is 33.6 Å². The Kier molecular flexibility index (Phi) is 14.8. The number of likely N-dealkylation sites (N-methyl/N-ethyl adjacent to an activating group) is 1. The Morgan fingerprint density at radius 2 is 1.39 bits per heavy atom. The van der Waals surface area contributed by atoms with Gasteiger partial charge in [-0.25, -0.2) is 0 Å². The second-order valence-corrected chi connectivity index (χ2v) is 4.46. The molecule has 0 heterocycles. The zero-order valence-corrected chi connectivity index (χ0v) is 12.5. The molecule has 0 atom stereocenters. The molecular weight excluding hydrogens is 228 g/mol. The van der Waals surface area contributed by atoms with Crippen molar-refractivity contribution in [2.45, 2.75) is 33.6 Å². The van der Waals surface area contributed by atoms with Gasteiger partial charge in [0.2, 0.25) is 0 Å². The largest absolute Gasteiger partial charge is 0.378 e. The zero-order valence-electron chi connectivity index (χ0n) is 12.5. The van der Waals surface area contributed by atoms with Gasteiger partial charge in [0.1, 0.15) is 0 Å². The first-order valence-electron chi connectivity index (χ1n) is 7.41. The van der Waals surface area contributed by atoms with Gasteiger partial charge in [-0.2, -0.15) is 0 Å². The minimum Gasteiger partial charge on any atom is -0.378 e. The molecule has 0 fully saturated rings. The second-order valence-electron chi connectivity index (χ2n) is 4.46. The van der Waals surface area contributed by atoms with E-state index in [9.17, 15) is 0 Å². The summed E-state index contributed by atoms with van der Waals surface area (Å²) in [5.41, 5.74) is 0. The van der Waals surface area contributed by atoms with Crippen molar-refractivity contribution in [1.29, 1.82) is 0 Å². The van der Waals surface area contributed by atoms with E-state index in [-0.39, 0.29) is 2.85 Å². The van der Waals surface area contributed by atoms with Crippen LogP contribution in [0.4, 0.5) is 0 Å². The highest BCUT2D eigenvalue weighted by Crippen LogP contribution is 2.04. The van der Waals surface area contributed by atoms with Crippen molar-refractivity contribution in [3.8, 4) is 0 Å². The Labute approximate surface area is 116 Å².